The molecule has 6 heteroatoms. The fraction of sp³-hybridized carbons (Fsp3) is 0.471. The van der Waals surface area contributed by atoms with Crippen LogP contribution >= 0.6 is 11.6 Å². The topological polar surface area (TPSA) is 50.1 Å². The normalized spacial score (nSPS) is 12.6. The number of halogens is 2. The van der Waals surface area contributed by atoms with Crippen molar-refractivity contribution >= 4 is 11.6 Å². The molecule has 0 radical (unpaired) electrons. The minimum Gasteiger partial charge on any atom is -0.396 e. The molecule has 0 aliphatic carbocycles. The van der Waals surface area contributed by atoms with E-state index >= 15 is 0 Å². The molecule has 1 aromatic heterocycles. The predicted molar refractivity (Wildman–Crippen MR) is 90.0 cm³/mol. The van der Waals surface area contributed by atoms with Gasteiger partial charge in [0, 0.05) is 18.7 Å². The van der Waals surface area contributed by atoms with Gasteiger partial charge < -0.3 is 10.4 Å². The largest absolute Gasteiger partial charge is 0.396 e. The molecule has 0 aliphatic heterocycles. The lowest BCUT2D eigenvalue weighted by Gasteiger charge is -2.11. The smallest absolute Gasteiger partial charge is 0.132 e. The molecule has 0 saturated heterocycles. The number of aryl methyl sites for hydroxylation is 1. The lowest BCUT2D eigenvalue weighted by atomic mass is 10.1. The summed E-state index contributed by atoms with van der Waals surface area (Å²) in [5.74, 6) is 0.159. The van der Waals surface area contributed by atoms with E-state index in [-0.39, 0.29) is 12.4 Å². The van der Waals surface area contributed by atoms with Gasteiger partial charge in [-0.2, -0.15) is 5.10 Å². The molecule has 2 aromatic rings. The quantitative estimate of drug-likeness (QED) is 0.776. The maximum absolute atomic E-state index is 13.0. The minimum absolute atomic E-state index is 0.207. The van der Waals surface area contributed by atoms with Crippen LogP contribution in [0, 0.1) is 18.7 Å². The van der Waals surface area contributed by atoms with Crippen LogP contribution in [0.2, 0.25) is 5.15 Å². The number of benzene rings is 1. The van der Waals surface area contributed by atoms with Crippen molar-refractivity contribution in [2.45, 2.75) is 33.4 Å². The van der Waals surface area contributed by atoms with Gasteiger partial charge in [-0.25, -0.2) is 9.07 Å². The van der Waals surface area contributed by atoms with Crippen molar-refractivity contribution in [3.63, 3.8) is 0 Å². The van der Waals surface area contributed by atoms with Crippen LogP contribution in [0.3, 0.4) is 0 Å². The summed E-state index contributed by atoms with van der Waals surface area (Å²) < 4.78 is 14.7. The van der Waals surface area contributed by atoms with Gasteiger partial charge in [-0.3, -0.25) is 0 Å². The maximum Gasteiger partial charge on any atom is 0.132 e. The number of hydrogen-bond acceptors (Lipinski definition) is 3. The highest BCUT2D eigenvalue weighted by Crippen LogP contribution is 2.21. The van der Waals surface area contributed by atoms with Gasteiger partial charge in [-0.05, 0) is 43.5 Å². The summed E-state index contributed by atoms with van der Waals surface area (Å²) in [7, 11) is 0. The van der Waals surface area contributed by atoms with Crippen LogP contribution in [0.25, 0.3) is 0 Å². The summed E-state index contributed by atoms with van der Waals surface area (Å²) in [6, 6.07) is 6.34. The first kappa shape index (κ1) is 17.9. The van der Waals surface area contributed by atoms with E-state index < -0.39 is 0 Å². The summed E-state index contributed by atoms with van der Waals surface area (Å²) in [4.78, 5) is 0. The van der Waals surface area contributed by atoms with E-state index in [1.807, 2.05) is 6.92 Å². The minimum atomic E-state index is -0.251. The molecule has 126 valence electrons. The highest BCUT2D eigenvalue weighted by molar-refractivity contribution is 6.30. The van der Waals surface area contributed by atoms with E-state index in [0.29, 0.717) is 24.2 Å². The highest BCUT2D eigenvalue weighted by atomic mass is 35.5. The zero-order valence-electron chi connectivity index (χ0n) is 13.5. The van der Waals surface area contributed by atoms with Crippen LogP contribution in [0.5, 0.6) is 0 Å². The van der Waals surface area contributed by atoms with Crippen molar-refractivity contribution in [1.29, 1.82) is 0 Å². The molecule has 1 aromatic carbocycles. The van der Waals surface area contributed by atoms with E-state index in [4.69, 9.17) is 16.7 Å². The molecule has 23 heavy (non-hydrogen) atoms. The molecule has 2 rings (SSSR count). The van der Waals surface area contributed by atoms with Crippen LogP contribution in [0.4, 0.5) is 4.39 Å². The van der Waals surface area contributed by atoms with Gasteiger partial charge in [0.25, 0.3) is 0 Å². The Morgan fingerprint density at radius 3 is 2.70 bits per heavy atom. The van der Waals surface area contributed by atoms with E-state index in [2.05, 4.69) is 17.3 Å². The summed E-state index contributed by atoms with van der Waals surface area (Å²) in [5, 5.41) is 17.3. The van der Waals surface area contributed by atoms with E-state index in [1.165, 1.54) is 12.1 Å². The van der Waals surface area contributed by atoms with E-state index in [0.717, 1.165) is 29.8 Å². The number of nitrogens with one attached hydrogen (secondary N) is 1. The maximum atomic E-state index is 13.0. The van der Waals surface area contributed by atoms with Gasteiger partial charge in [0.2, 0.25) is 0 Å². The summed E-state index contributed by atoms with van der Waals surface area (Å²) in [6.45, 7) is 6.21. The third kappa shape index (κ3) is 5.03. The number of aromatic nitrogens is 2. The fourth-order valence-corrected chi connectivity index (χ4v) is 2.73. The zero-order valence-corrected chi connectivity index (χ0v) is 14.3. The molecule has 0 amide bonds. The van der Waals surface area contributed by atoms with Crippen molar-refractivity contribution in [3.8, 4) is 0 Å². The van der Waals surface area contributed by atoms with Gasteiger partial charge in [-0.15, -0.1) is 0 Å². The molecule has 0 aliphatic rings. The Hall–Kier alpha value is -1.43. The lowest BCUT2D eigenvalue weighted by Crippen LogP contribution is -2.21. The van der Waals surface area contributed by atoms with Gasteiger partial charge in [0.15, 0.2) is 0 Å². The number of rotatable bonds is 8. The first-order valence-corrected chi connectivity index (χ1v) is 8.17. The molecule has 0 fully saturated rings. The van der Waals surface area contributed by atoms with E-state index in [1.54, 1.807) is 16.8 Å². The summed E-state index contributed by atoms with van der Waals surface area (Å²) in [5.41, 5.74) is 2.82. The Bertz CT molecular complexity index is 628. The Kier molecular flexibility index (Phi) is 6.57. The second kappa shape index (κ2) is 8.43. The second-order valence-electron chi connectivity index (χ2n) is 5.89. The Morgan fingerprint density at radius 2 is 2.04 bits per heavy atom. The molecular weight excluding hydrogens is 317 g/mol. The van der Waals surface area contributed by atoms with Crippen LogP contribution in [0.15, 0.2) is 24.3 Å². The molecule has 0 saturated carbocycles. The SMILES string of the molecule is Cc1nn(Cc2ccc(F)cc2)c(Cl)c1CNCC(C)CCO. The van der Waals surface area contributed by atoms with Gasteiger partial charge in [-0.1, -0.05) is 30.7 Å². The third-order valence-corrected chi connectivity index (χ3v) is 4.27. The molecule has 1 unspecified atom stereocenters. The van der Waals surface area contributed by atoms with Crippen LogP contribution in [0.1, 0.15) is 30.2 Å². The van der Waals surface area contributed by atoms with Gasteiger partial charge >= 0.3 is 0 Å². The van der Waals surface area contributed by atoms with Gasteiger partial charge in [0.1, 0.15) is 11.0 Å². The molecule has 4 nitrogen and oxygen atoms in total. The van der Waals surface area contributed by atoms with E-state index in [9.17, 15) is 4.39 Å². The number of aliphatic hydroxyl groups excluding tert-OH is 1. The van der Waals surface area contributed by atoms with Crippen molar-refractivity contribution in [1.82, 2.24) is 15.1 Å². The van der Waals surface area contributed by atoms with Crippen LogP contribution in [-0.2, 0) is 13.1 Å². The van der Waals surface area contributed by atoms with Crippen molar-refractivity contribution in [2.75, 3.05) is 13.2 Å². The van der Waals surface area contributed by atoms with Crippen LogP contribution < -0.4 is 5.32 Å². The Labute approximate surface area is 141 Å². The molecule has 2 N–H and O–H groups in total. The Balaban J connectivity index is 1.99. The second-order valence-corrected chi connectivity index (χ2v) is 6.25. The van der Waals surface area contributed by atoms with Crippen molar-refractivity contribution in [2.24, 2.45) is 5.92 Å². The number of nitrogens with zero attached hydrogens (tertiary/aromatic N) is 2. The first-order chi connectivity index (χ1) is 11.0. The predicted octanol–water partition coefficient (Wildman–Crippen LogP) is 3.14. The molecule has 0 spiro atoms. The summed E-state index contributed by atoms with van der Waals surface area (Å²) >= 11 is 6.43. The Morgan fingerprint density at radius 1 is 1.35 bits per heavy atom. The van der Waals surface area contributed by atoms with Crippen molar-refractivity contribution in [3.05, 3.63) is 52.1 Å². The number of aliphatic hydroxyl groups is 1. The highest BCUT2D eigenvalue weighted by Gasteiger charge is 2.13. The van der Waals surface area contributed by atoms with Crippen molar-refractivity contribution < 1.29 is 9.50 Å². The standard InChI is InChI=1S/C17H23ClFN3O/c1-12(7-8-23)9-20-10-16-13(2)21-22(17(16)18)11-14-3-5-15(19)6-4-14/h3-6,12,20,23H,7-11H2,1-2H3. The lowest BCUT2D eigenvalue weighted by molar-refractivity contribution is 0.260. The molecule has 1 atom stereocenters. The molecule has 0 bridgehead atoms. The average molecular weight is 340 g/mol. The molecular formula is C17H23ClFN3O. The first-order valence-electron chi connectivity index (χ1n) is 7.79. The fourth-order valence-electron chi connectivity index (χ4n) is 2.42. The average Bonchev–Trinajstić information content (AvgIpc) is 2.77. The third-order valence-electron chi connectivity index (χ3n) is 3.85. The van der Waals surface area contributed by atoms with Gasteiger partial charge in [0.05, 0.1) is 12.2 Å². The number of hydrogen-bond donors (Lipinski definition) is 2. The van der Waals surface area contributed by atoms with Crippen LogP contribution in [-0.4, -0.2) is 28.0 Å². The molecule has 1 heterocycles. The monoisotopic (exact) mass is 339 g/mol. The summed E-state index contributed by atoms with van der Waals surface area (Å²) in [6.07, 6.45) is 0.781. The zero-order chi connectivity index (χ0) is 16.8.